The van der Waals surface area contributed by atoms with Crippen molar-refractivity contribution in [2.24, 2.45) is 0 Å². The van der Waals surface area contributed by atoms with E-state index in [1.165, 1.54) is 21.7 Å². The zero-order valence-corrected chi connectivity index (χ0v) is 11.5. The maximum Gasteiger partial charge on any atom is 0.0496 e. The van der Waals surface area contributed by atoms with E-state index in [2.05, 4.69) is 61.8 Å². The molecule has 0 saturated heterocycles. The fraction of sp³-hybridized carbons (Fsp3) is 0.333. The molecule has 0 radical (unpaired) electrons. The van der Waals surface area contributed by atoms with E-state index >= 15 is 0 Å². The maximum absolute atomic E-state index is 3.46. The van der Waals surface area contributed by atoms with Gasteiger partial charge in [-0.05, 0) is 47.5 Å². The molecule has 1 N–H and O–H groups in total. The normalized spacial score (nSPS) is 10.8. The predicted molar refractivity (Wildman–Crippen MR) is 76.9 cm³/mol. The number of hydrogen-bond donors (Lipinski definition) is 1. The van der Waals surface area contributed by atoms with Gasteiger partial charge in [-0.2, -0.15) is 0 Å². The molecule has 0 amide bonds. The van der Waals surface area contributed by atoms with Crippen molar-refractivity contribution in [2.45, 2.75) is 33.2 Å². The van der Waals surface area contributed by atoms with Gasteiger partial charge in [-0.15, -0.1) is 11.3 Å². The Labute approximate surface area is 108 Å². The molecule has 1 heterocycles. The molecule has 0 unspecified atom stereocenters. The summed E-state index contributed by atoms with van der Waals surface area (Å²) in [4.78, 5) is 1.41. The quantitative estimate of drug-likeness (QED) is 0.816. The smallest absolute Gasteiger partial charge is 0.0496 e. The molecule has 1 nitrogen and oxygen atoms in total. The molecule has 1 aromatic carbocycles. The summed E-state index contributed by atoms with van der Waals surface area (Å²) >= 11 is 1.81. The SMILES string of the molecule is Cc1ccsc1CNc1ccc(C(C)C)cc1. The lowest BCUT2D eigenvalue weighted by Gasteiger charge is -2.09. The van der Waals surface area contributed by atoms with Gasteiger partial charge in [-0.3, -0.25) is 0 Å². The Morgan fingerprint density at radius 3 is 2.35 bits per heavy atom. The van der Waals surface area contributed by atoms with E-state index in [0.717, 1.165) is 6.54 Å². The second-order valence-electron chi connectivity index (χ2n) is 4.66. The van der Waals surface area contributed by atoms with Crippen molar-refractivity contribution in [2.75, 3.05) is 5.32 Å². The molecule has 0 aliphatic rings. The number of nitrogens with one attached hydrogen (secondary N) is 1. The number of thiophene rings is 1. The number of hydrogen-bond acceptors (Lipinski definition) is 2. The predicted octanol–water partition coefficient (Wildman–Crippen LogP) is 4.79. The molecule has 2 heteroatoms. The summed E-state index contributed by atoms with van der Waals surface area (Å²) in [6.07, 6.45) is 0. The first-order chi connectivity index (χ1) is 8.16. The number of benzene rings is 1. The van der Waals surface area contributed by atoms with E-state index in [9.17, 15) is 0 Å². The molecule has 0 spiro atoms. The Balaban J connectivity index is 1.98. The molecule has 0 fully saturated rings. The van der Waals surface area contributed by atoms with Gasteiger partial charge in [-0.25, -0.2) is 0 Å². The molecular formula is C15H19NS. The fourth-order valence-electron chi connectivity index (χ4n) is 1.75. The molecule has 0 aliphatic carbocycles. The summed E-state index contributed by atoms with van der Waals surface area (Å²) in [5, 5.41) is 5.61. The highest BCUT2D eigenvalue weighted by Gasteiger charge is 2.01. The zero-order chi connectivity index (χ0) is 12.3. The first kappa shape index (κ1) is 12.2. The maximum atomic E-state index is 3.46. The van der Waals surface area contributed by atoms with Gasteiger partial charge in [0.05, 0.1) is 0 Å². The Morgan fingerprint density at radius 1 is 1.12 bits per heavy atom. The largest absolute Gasteiger partial charge is 0.380 e. The summed E-state index contributed by atoms with van der Waals surface area (Å²) in [7, 11) is 0. The topological polar surface area (TPSA) is 12.0 Å². The van der Waals surface area contributed by atoms with Crippen LogP contribution in [0.4, 0.5) is 5.69 Å². The summed E-state index contributed by atoms with van der Waals surface area (Å²) in [5.74, 6) is 0.601. The molecule has 0 bridgehead atoms. The van der Waals surface area contributed by atoms with E-state index < -0.39 is 0 Å². The van der Waals surface area contributed by atoms with Crippen LogP contribution >= 0.6 is 11.3 Å². The van der Waals surface area contributed by atoms with Crippen LogP contribution in [-0.4, -0.2) is 0 Å². The lowest BCUT2D eigenvalue weighted by molar-refractivity contribution is 0.867. The van der Waals surface area contributed by atoms with Crippen molar-refractivity contribution in [3.63, 3.8) is 0 Å². The lowest BCUT2D eigenvalue weighted by atomic mass is 10.0. The molecular weight excluding hydrogens is 226 g/mol. The van der Waals surface area contributed by atoms with Gasteiger partial charge in [0.1, 0.15) is 0 Å². The third-order valence-corrected chi connectivity index (χ3v) is 4.02. The van der Waals surface area contributed by atoms with Crippen LogP contribution in [0.25, 0.3) is 0 Å². The van der Waals surface area contributed by atoms with E-state index in [-0.39, 0.29) is 0 Å². The molecule has 2 aromatic rings. The molecule has 1 aromatic heterocycles. The van der Waals surface area contributed by atoms with E-state index in [1.54, 1.807) is 0 Å². The van der Waals surface area contributed by atoms with Crippen molar-refractivity contribution >= 4 is 17.0 Å². The van der Waals surface area contributed by atoms with Gasteiger partial charge < -0.3 is 5.32 Å². The minimum absolute atomic E-state index is 0.601. The highest BCUT2D eigenvalue weighted by Crippen LogP contribution is 2.20. The molecule has 90 valence electrons. The van der Waals surface area contributed by atoms with Crippen molar-refractivity contribution in [1.82, 2.24) is 0 Å². The van der Waals surface area contributed by atoms with Gasteiger partial charge in [0.15, 0.2) is 0 Å². The van der Waals surface area contributed by atoms with Gasteiger partial charge in [0.25, 0.3) is 0 Å². The Kier molecular flexibility index (Phi) is 3.85. The van der Waals surface area contributed by atoms with Crippen molar-refractivity contribution in [3.05, 3.63) is 51.7 Å². The summed E-state index contributed by atoms with van der Waals surface area (Å²) in [6.45, 7) is 7.52. The minimum Gasteiger partial charge on any atom is -0.380 e. The van der Waals surface area contributed by atoms with Crippen LogP contribution < -0.4 is 5.32 Å². The van der Waals surface area contributed by atoms with Gasteiger partial charge in [-0.1, -0.05) is 26.0 Å². The second-order valence-corrected chi connectivity index (χ2v) is 5.66. The number of rotatable bonds is 4. The second kappa shape index (κ2) is 5.37. The first-order valence-corrected chi connectivity index (χ1v) is 6.91. The van der Waals surface area contributed by atoms with Crippen LogP contribution in [0.15, 0.2) is 35.7 Å². The fourth-order valence-corrected chi connectivity index (χ4v) is 2.60. The molecule has 0 aliphatic heterocycles. The molecule has 0 atom stereocenters. The highest BCUT2D eigenvalue weighted by atomic mass is 32.1. The Bertz CT molecular complexity index is 468. The monoisotopic (exact) mass is 245 g/mol. The summed E-state index contributed by atoms with van der Waals surface area (Å²) in [6, 6.07) is 10.9. The van der Waals surface area contributed by atoms with Crippen molar-refractivity contribution in [1.29, 1.82) is 0 Å². The van der Waals surface area contributed by atoms with Crippen molar-refractivity contribution in [3.8, 4) is 0 Å². The van der Waals surface area contributed by atoms with Crippen LogP contribution in [-0.2, 0) is 6.54 Å². The van der Waals surface area contributed by atoms with Gasteiger partial charge >= 0.3 is 0 Å². The van der Waals surface area contributed by atoms with Crippen LogP contribution in [0.3, 0.4) is 0 Å². The average molecular weight is 245 g/mol. The number of aryl methyl sites for hydroxylation is 1. The third kappa shape index (κ3) is 3.10. The highest BCUT2D eigenvalue weighted by molar-refractivity contribution is 7.10. The van der Waals surface area contributed by atoms with Gasteiger partial charge in [0, 0.05) is 17.1 Å². The standard InChI is InChI=1S/C15H19NS/c1-11(2)13-4-6-14(7-5-13)16-10-15-12(3)8-9-17-15/h4-9,11,16H,10H2,1-3H3. The molecule has 0 saturated carbocycles. The van der Waals surface area contributed by atoms with Crippen LogP contribution in [0, 0.1) is 6.92 Å². The molecule has 17 heavy (non-hydrogen) atoms. The third-order valence-electron chi connectivity index (χ3n) is 3.00. The van der Waals surface area contributed by atoms with E-state index in [0.29, 0.717) is 5.92 Å². The van der Waals surface area contributed by atoms with Gasteiger partial charge in [0.2, 0.25) is 0 Å². The average Bonchev–Trinajstić information content (AvgIpc) is 2.73. The first-order valence-electron chi connectivity index (χ1n) is 6.03. The lowest BCUT2D eigenvalue weighted by Crippen LogP contribution is -1.98. The summed E-state index contributed by atoms with van der Waals surface area (Å²) in [5.41, 5.74) is 3.96. The number of anilines is 1. The summed E-state index contributed by atoms with van der Waals surface area (Å²) < 4.78 is 0. The zero-order valence-electron chi connectivity index (χ0n) is 10.7. The van der Waals surface area contributed by atoms with E-state index in [1.807, 2.05) is 11.3 Å². The van der Waals surface area contributed by atoms with Crippen LogP contribution in [0.2, 0.25) is 0 Å². The minimum atomic E-state index is 0.601. The van der Waals surface area contributed by atoms with Crippen LogP contribution in [0.5, 0.6) is 0 Å². The van der Waals surface area contributed by atoms with Crippen molar-refractivity contribution < 1.29 is 0 Å². The molecule has 2 rings (SSSR count). The Hall–Kier alpha value is -1.28. The Morgan fingerprint density at radius 2 is 1.82 bits per heavy atom. The van der Waals surface area contributed by atoms with E-state index in [4.69, 9.17) is 0 Å². The van der Waals surface area contributed by atoms with Crippen LogP contribution in [0.1, 0.15) is 35.8 Å².